The van der Waals surface area contributed by atoms with Gasteiger partial charge in [-0.1, -0.05) is 11.6 Å². The number of fused-ring (bicyclic) bond motifs is 5. The molecular formula is C20H24ClN5O3. The molecule has 1 amide bonds. The molecule has 4 aliphatic rings. The lowest BCUT2D eigenvalue weighted by molar-refractivity contribution is 0.103. The van der Waals surface area contributed by atoms with Crippen LogP contribution in [0.1, 0.15) is 24.1 Å². The molecule has 9 heteroatoms. The number of piperidine rings is 1. The third-order valence-corrected chi connectivity index (χ3v) is 6.45. The van der Waals surface area contributed by atoms with E-state index in [-0.39, 0.29) is 12.1 Å². The van der Waals surface area contributed by atoms with E-state index in [0.717, 1.165) is 61.5 Å². The zero-order valence-electron chi connectivity index (χ0n) is 16.4. The highest BCUT2D eigenvalue weighted by Crippen LogP contribution is 2.33. The molecule has 0 radical (unpaired) electrons. The molecule has 2 aromatic rings. The van der Waals surface area contributed by atoms with Crippen molar-refractivity contribution in [2.75, 3.05) is 39.9 Å². The van der Waals surface area contributed by atoms with Gasteiger partial charge in [-0.3, -0.25) is 0 Å². The topological polar surface area (TPSA) is 72.7 Å². The normalized spacial score (nSPS) is 23.6. The Morgan fingerprint density at radius 1 is 1.28 bits per heavy atom. The number of hydrogen-bond acceptors (Lipinski definition) is 6. The molecule has 3 saturated heterocycles. The zero-order valence-corrected chi connectivity index (χ0v) is 17.2. The monoisotopic (exact) mass is 417 g/mol. The minimum absolute atomic E-state index is 0.0562. The number of pyridine rings is 1. The summed E-state index contributed by atoms with van der Waals surface area (Å²) in [6.45, 7) is 4.79. The van der Waals surface area contributed by atoms with Crippen molar-refractivity contribution in [2.24, 2.45) is 0 Å². The number of amides is 1. The molecule has 2 aromatic heterocycles. The summed E-state index contributed by atoms with van der Waals surface area (Å²) in [6.07, 6.45) is 4.45. The van der Waals surface area contributed by atoms with Crippen LogP contribution >= 0.6 is 11.6 Å². The summed E-state index contributed by atoms with van der Waals surface area (Å²) >= 11 is 6.29. The van der Waals surface area contributed by atoms with Gasteiger partial charge in [-0.2, -0.15) is 9.78 Å². The van der Waals surface area contributed by atoms with Crippen LogP contribution in [0.25, 0.3) is 11.3 Å². The van der Waals surface area contributed by atoms with Gasteiger partial charge in [0.1, 0.15) is 5.02 Å². The minimum Gasteiger partial charge on any atom is -0.480 e. The molecule has 4 aliphatic heterocycles. The molecule has 0 spiro atoms. The molecular weight excluding hydrogens is 394 g/mol. The quantitative estimate of drug-likeness (QED) is 0.747. The first-order valence-corrected chi connectivity index (χ1v) is 10.4. The van der Waals surface area contributed by atoms with Crippen molar-refractivity contribution in [3.8, 4) is 17.1 Å². The number of halogens is 1. The van der Waals surface area contributed by atoms with Crippen molar-refractivity contribution in [3.63, 3.8) is 0 Å². The summed E-state index contributed by atoms with van der Waals surface area (Å²) in [5.74, 6) is 0.374. The number of methoxy groups -OCH3 is 1. The van der Waals surface area contributed by atoms with E-state index in [2.05, 4.69) is 9.88 Å². The van der Waals surface area contributed by atoms with Gasteiger partial charge in [0.15, 0.2) is 0 Å². The second-order valence-corrected chi connectivity index (χ2v) is 8.16. The maximum absolute atomic E-state index is 13.5. The number of rotatable bonds is 2. The van der Waals surface area contributed by atoms with E-state index < -0.39 is 0 Å². The van der Waals surface area contributed by atoms with E-state index in [1.54, 1.807) is 16.9 Å². The highest BCUT2D eigenvalue weighted by atomic mass is 35.5. The van der Waals surface area contributed by atoms with Crippen LogP contribution in [-0.4, -0.2) is 76.5 Å². The maximum atomic E-state index is 13.5. The van der Waals surface area contributed by atoms with Crippen molar-refractivity contribution in [3.05, 3.63) is 28.5 Å². The van der Waals surface area contributed by atoms with Gasteiger partial charge < -0.3 is 19.3 Å². The van der Waals surface area contributed by atoms with Gasteiger partial charge >= 0.3 is 6.03 Å². The van der Waals surface area contributed by atoms with Crippen LogP contribution in [-0.2, 0) is 17.8 Å². The zero-order chi connectivity index (χ0) is 20.0. The van der Waals surface area contributed by atoms with Crippen molar-refractivity contribution in [1.29, 1.82) is 0 Å². The molecule has 0 unspecified atom stereocenters. The van der Waals surface area contributed by atoms with Gasteiger partial charge in [-0.25, -0.2) is 9.78 Å². The molecule has 8 nitrogen and oxygen atoms in total. The lowest BCUT2D eigenvalue weighted by Gasteiger charge is -2.31. The van der Waals surface area contributed by atoms with Gasteiger partial charge in [0.25, 0.3) is 0 Å². The predicted octanol–water partition coefficient (Wildman–Crippen LogP) is 2.43. The van der Waals surface area contributed by atoms with Crippen LogP contribution in [0.3, 0.4) is 0 Å². The highest BCUT2D eigenvalue weighted by molar-refractivity contribution is 6.32. The number of ether oxygens (including phenoxy) is 2. The van der Waals surface area contributed by atoms with E-state index in [1.165, 1.54) is 7.11 Å². The van der Waals surface area contributed by atoms with Crippen molar-refractivity contribution >= 4 is 17.6 Å². The molecule has 154 valence electrons. The van der Waals surface area contributed by atoms with Gasteiger partial charge in [0, 0.05) is 49.5 Å². The molecule has 2 bridgehead atoms. The first-order valence-electron chi connectivity index (χ1n) is 10.1. The Hall–Kier alpha value is -2.16. The number of carbonyl (C=O) groups is 1. The van der Waals surface area contributed by atoms with Crippen LogP contribution in [0, 0.1) is 0 Å². The van der Waals surface area contributed by atoms with Crippen LogP contribution in [0.4, 0.5) is 4.79 Å². The van der Waals surface area contributed by atoms with Crippen LogP contribution in [0.5, 0.6) is 5.88 Å². The number of hydrogen-bond donors (Lipinski definition) is 0. The Morgan fingerprint density at radius 3 is 2.86 bits per heavy atom. The van der Waals surface area contributed by atoms with E-state index in [9.17, 15) is 4.79 Å². The van der Waals surface area contributed by atoms with Gasteiger partial charge in [0.2, 0.25) is 5.88 Å². The van der Waals surface area contributed by atoms with Gasteiger partial charge in [-0.15, -0.1) is 0 Å². The molecule has 0 N–H and O–H groups in total. The third-order valence-electron chi connectivity index (χ3n) is 6.18. The maximum Gasteiger partial charge on any atom is 0.345 e. The first-order chi connectivity index (χ1) is 14.2. The van der Waals surface area contributed by atoms with Crippen molar-refractivity contribution in [2.45, 2.75) is 31.9 Å². The highest BCUT2D eigenvalue weighted by Gasteiger charge is 2.35. The average Bonchev–Trinajstić information content (AvgIpc) is 2.88. The molecule has 6 heterocycles. The van der Waals surface area contributed by atoms with E-state index in [4.69, 9.17) is 26.2 Å². The Kier molecular flexibility index (Phi) is 4.93. The summed E-state index contributed by atoms with van der Waals surface area (Å²) in [6, 6.07) is 2.02. The molecule has 0 saturated carbocycles. The summed E-state index contributed by atoms with van der Waals surface area (Å²) in [4.78, 5) is 22.2. The predicted molar refractivity (Wildman–Crippen MR) is 107 cm³/mol. The molecule has 0 atom stereocenters. The third kappa shape index (κ3) is 3.29. The van der Waals surface area contributed by atoms with E-state index >= 15 is 0 Å². The fourth-order valence-electron chi connectivity index (χ4n) is 4.59. The number of nitrogens with zero attached hydrogens (tertiary/aromatic N) is 5. The lowest BCUT2D eigenvalue weighted by atomic mass is 10.0. The molecule has 29 heavy (non-hydrogen) atoms. The molecule has 3 fully saturated rings. The van der Waals surface area contributed by atoms with Crippen molar-refractivity contribution in [1.82, 2.24) is 24.6 Å². The number of aromatic nitrogens is 3. The fourth-order valence-corrected chi connectivity index (χ4v) is 4.84. The first kappa shape index (κ1) is 18.8. The fraction of sp³-hybridized carbons (Fsp3) is 0.550. The Labute approximate surface area is 174 Å². The average molecular weight is 418 g/mol. The molecule has 0 aromatic carbocycles. The second kappa shape index (κ2) is 7.59. The minimum atomic E-state index is -0.0562. The number of carbonyl (C=O) groups excluding carboxylic acids is 1. The lowest BCUT2D eigenvalue weighted by Crippen LogP contribution is -2.44. The van der Waals surface area contributed by atoms with Crippen molar-refractivity contribution < 1.29 is 14.3 Å². The second-order valence-electron chi connectivity index (χ2n) is 7.75. The molecule has 6 rings (SSSR count). The summed E-state index contributed by atoms with van der Waals surface area (Å²) in [7, 11) is 1.53. The Balaban J connectivity index is 1.54. The van der Waals surface area contributed by atoms with Crippen LogP contribution in [0.2, 0.25) is 5.02 Å². The van der Waals surface area contributed by atoms with Crippen LogP contribution in [0.15, 0.2) is 12.3 Å². The van der Waals surface area contributed by atoms with Crippen LogP contribution < -0.4 is 4.74 Å². The smallest absolute Gasteiger partial charge is 0.345 e. The standard InChI is InChI=1S/C20H24ClN5O3/c1-28-19-16(21)10-13(11-22-19)18-15-4-9-29-12-17(15)26(23-18)20(27)25-8-7-24-5-2-14(25)3-6-24/h10-11,14H,2-9,12H2,1H3. The SMILES string of the molecule is COc1ncc(-c2nn(C(=O)N3CCN4CCC3CC4)c3c2CCOC3)cc1Cl. The Morgan fingerprint density at radius 2 is 2.10 bits per heavy atom. The Bertz CT molecular complexity index is 938. The van der Waals surface area contributed by atoms with Gasteiger partial charge in [-0.05, 0) is 25.3 Å². The summed E-state index contributed by atoms with van der Waals surface area (Å²) in [5, 5.41) is 5.16. The van der Waals surface area contributed by atoms with Gasteiger partial charge in [0.05, 0.1) is 31.7 Å². The van der Waals surface area contributed by atoms with E-state index in [1.807, 2.05) is 4.90 Å². The largest absolute Gasteiger partial charge is 0.480 e. The summed E-state index contributed by atoms with van der Waals surface area (Å²) in [5.41, 5.74) is 3.40. The summed E-state index contributed by atoms with van der Waals surface area (Å²) < 4.78 is 12.4. The van der Waals surface area contributed by atoms with E-state index in [0.29, 0.717) is 30.5 Å². The molecule has 0 aliphatic carbocycles.